The SMILES string of the molecule is Cn1c(CO)cnc1SCCSc1cc(Cl)ccc1Cl. The Morgan fingerprint density at radius 1 is 1.25 bits per heavy atom. The van der Waals surface area contributed by atoms with Crippen molar-refractivity contribution in [2.75, 3.05) is 11.5 Å². The zero-order valence-electron chi connectivity index (χ0n) is 10.8. The van der Waals surface area contributed by atoms with Gasteiger partial charge in [0.2, 0.25) is 0 Å². The van der Waals surface area contributed by atoms with Gasteiger partial charge in [-0.05, 0) is 18.2 Å². The van der Waals surface area contributed by atoms with E-state index < -0.39 is 0 Å². The number of thioether (sulfide) groups is 2. The first-order valence-corrected chi connectivity index (χ1v) is 8.66. The average Bonchev–Trinajstić information content (AvgIpc) is 2.79. The monoisotopic (exact) mass is 348 g/mol. The van der Waals surface area contributed by atoms with E-state index in [1.165, 1.54) is 0 Å². The third-order valence-corrected chi connectivity index (χ3v) is 5.71. The van der Waals surface area contributed by atoms with Gasteiger partial charge in [-0.25, -0.2) is 4.98 Å². The highest BCUT2D eigenvalue weighted by atomic mass is 35.5. The summed E-state index contributed by atoms with van der Waals surface area (Å²) in [6.07, 6.45) is 1.70. The van der Waals surface area contributed by atoms with Gasteiger partial charge in [0.15, 0.2) is 5.16 Å². The van der Waals surface area contributed by atoms with Crippen molar-refractivity contribution in [1.29, 1.82) is 0 Å². The Balaban J connectivity index is 1.84. The molecule has 20 heavy (non-hydrogen) atoms. The van der Waals surface area contributed by atoms with Crippen LogP contribution in [0.25, 0.3) is 0 Å². The molecule has 0 aliphatic heterocycles. The van der Waals surface area contributed by atoms with Crippen molar-refractivity contribution in [2.45, 2.75) is 16.7 Å². The number of aliphatic hydroxyl groups excluding tert-OH is 1. The summed E-state index contributed by atoms with van der Waals surface area (Å²) >= 11 is 15.4. The Labute approximate surface area is 136 Å². The van der Waals surface area contributed by atoms with Crippen LogP contribution in [0.15, 0.2) is 34.4 Å². The number of imidazole rings is 1. The van der Waals surface area contributed by atoms with E-state index in [1.807, 2.05) is 23.7 Å². The summed E-state index contributed by atoms with van der Waals surface area (Å²) in [6, 6.07) is 5.47. The molecule has 0 unspecified atom stereocenters. The van der Waals surface area contributed by atoms with Gasteiger partial charge in [-0.1, -0.05) is 35.0 Å². The minimum absolute atomic E-state index is 0.0108. The molecule has 3 nitrogen and oxygen atoms in total. The van der Waals surface area contributed by atoms with Gasteiger partial charge in [0, 0.05) is 28.5 Å². The summed E-state index contributed by atoms with van der Waals surface area (Å²) in [6.45, 7) is 0.0108. The first-order chi connectivity index (χ1) is 9.61. The molecule has 108 valence electrons. The van der Waals surface area contributed by atoms with Crippen LogP contribution in [0, 0.1) is 0 Å². The molecule has 0 aliphatic carbocycles. The smallest absolute Gasteiger partial charge is 0.167 e. The highest BCUT2D eigenvalue weighted by Crippen LogP contribution is 2.30. The van der Waals surface area contributed by atoms with Gasteiger partial charge in [-0.3, -0.25) is 0 Å². The van der Waals surface area contributed by atoms with Gasteiger partial charge in [0.05, 0.1) is 23.5 Å². The second-order valence-electron chi connectivity index (χ2n) is 4.02. The summed E-state index contributed by atoms with van der Waals surface area (Å²) in [5, 5.41) is 11.4. The van der Waals surface area contributed by atoms with Crippen molar-refractivity contribution in [1.82, 2.24) is 9.55 Å². The molecule has 1 aromatic carbocycles. The topological polar surface area (TPSA) is 38.0 Å². The lowest BCUT2D eigenvalue weighted by atomic mass is 10.4. The lowest BCUT2D eigenvalue weighted by Gasteiger charge is -2.05. The first kappa shape index (κ1) is 16.0. The van der Waals surface area contributed by atoms with Crippen molar-refractivity contribution >= 4 is 46.7 Å². The van der Waals surface area contributed by atoms with Crippen LogP contribution in [0.2, 0.25) is 10.0 Å². The van der Waals surface area contributed by atoms with E-state index in [0.29, 0.717) is 5.02 Å². The molecular formula is C13H14Cl2N2OS2. The molecule has 7 heteroatoms. The van der Waals surface area contributed by atoms with Crippen molar-refractivity contribution in [3.63, 3.8) is 0 Å². The summed E-state index contributed by atoms with van der Waals surface area (Å²) in [4.78, 5) is 5.27. The molecular weight excluding hydrogens is 335 g/mol. The van der Waals surface area contributed by atoms with Gasteiger partial charge < -0.3 is 9.67 Å². The van der Waals surface area contributed by atoms with Crippen LogP contribution in [0.3, 0.4) is 0 Å². The summed E-state index contributed by atoms with van der Waals surface area (Å²) in [7, 11) is 1.90. The number of rotatable bonds is 6. The van der Waals surface area contributed by atoms with Crippen LogP contribution in [0.5, 0.6) is 0 Å². The fraction of sp³-hybridized carbons (Fsp3) is 0.308. The molecule has 0 aliphatic rings. The maximum atomic E-state index is 9.11. The third kappa shape index (κ3) is 4.09. The minimum atomic E-state index is 0.0108. The molecule has 1 heterocycles. The average molecular weight is 349 g/mol. The molecule has 0 fully saturated rings. The molecule has 0 atom stereocenters. The van der Waals surface area contributed by atoms with Crippen LogP contribution in [-0.4, -0.2) is 26.2 Å². The maximum absolute atomic E-state index is 9.11. The number of hydrogen-bond donors (Lipinski definition) is 1. The molecule has 0 radical (unpaired) electrons. The standard InChI is InChI=1S/C13H14Cl2N2OS2/c1-17-10(8-18)7-16-13(17)20-5-4-19-12-6-9(14)2-3-11(12)15/h2-3,6-7,18H,4-5,8H2,1H3. The molecule has 2 aromatic rings. The molecule has 1 aromatic heterocycles. The van der Waals surface area contributed by atoms with Crippen LogP contribution >= 0.6 is 46.7 Å². The predicted molar refractivity (Wildman–Crippen MR) is 87.0 cm³/mol. The molecule has 2 rings (SSSR count). The van der Waals surface area contributed by atoms with Crippen molar-refractivity contribution < 1.29 is 5.11 Å². The number of aromatic nitrogens is 2. The second-order valence-corrected chi connectivity index (χ2v) is 7.06. The van der Waals surface area contributed by atoms with E-state index in [-0.39, 0.29) is 6.61 Å². The van der Waals surface area contributed by atoms with Crippen molar-refractivity contribution in [3.05, 3.63) is 40.1 Å². The Morgan fingerprint density at radius 3 is 2.70 bits per heavy atom. The van der Waals surface area contributed by atoms with Gasteiger partial charge >= 0.3 is 0 Å². The van der Waals surface area contributed by atoms with Gasteiger partial charge in [-0.15, -0.1) is 11.8 Å². The van der Waals surface area contributed by atoms with E-state index in [4.69, 9.17) is 28.3 Å². The first-order valence-electron chi connectivity index (χ1n) is 5.94. The quantitative estimate of drug-likeness (QED) is 0.629. The second kappa shape index (κ2) is 7.61. The largest absolute Gasteiger partial charge is 0.390 e. The van der Waals surface area contributed by atoms with E-state index in [9.17, 15) is 0 Å². The lowest BCUT2D eigenvalue weighted by Crippen LogP contribution is -1.98. The lowest BCUT2D eigenvalue weighted by molar-refractivity contribution is 0.271. The van der Waals surface area contributed by atoms with Crippen LogP contribution in [0.1, 0.15) is 5.69 Å². The molecule has 1 N–H and O–H groups in total. The highest BCUT2D eigenvalue weighted by molar-refractivity contribution is 8.02. The predicted octanol–water partition coefficient (Wildman–Crippen LogP) is 4.10. The molecule has 0 bridgehead atoms. The van der Waals surface area contributed by atoms with E-state index in [0.717, 1.165) is 32.3 Å². The normalized spacial score (nSPS) is 11.0. The van der Waals surface area contributed by atoms with Crippen LogP contribution in [-0.2, 0) is 13.7 Å². The number of aliphatic hydroxyl groups is 1. The van der Waals surface area contributed by atoms with Crippen molar-refractivity contribution in [2.24, 2.45) is 7.05 Å². The van der Waals surface area contributed by atoms with Gasteiger partial charge in [0.25, 0.3) is 0 Å². The van der Waals surface area contributed by atoms with Crippen molar-refractivity contribution in [3.8, 4) is 0 Å². The summed E-state index contributed by atoms with van der Waals surface area (Å²) < 4.78 is 1.90. The molecule has 0 saturated carbocycles. The Kier molecular flexibility index (Phi) is 6.11. The van der Waals surface area contributed by atoms with Crippen LogP contribution < -0.4 is 0 Å². The van der Waals surface area contributed by atoms with Crippen LogP contribution in [0.4, 0.5) is 0 Å². The molecule has 0 amide bonds. The fourth-order valence-electron chi connectivity index (χ4n) is 1.58. The maximum Gasteiger partial charge on any atom is 0.167 e. The van der Waals surface area contributed by atoms with Gasteiger partial charge in [0.1, 0.15) is 0 Å². The zero-order chi connectivity index (χ0) is 14.5. The molecule has 0 saturated heterocycles. The number of nitrogens with zero attached hydrogens (tertiary/aromatic N) is 2. The summed E-state index contributed by atoms with van der Waals surface area (Å²) in [5.41, 5.74) is 0.818. The zero-order valence-corrected chi connectivity index (χ0v) is 14.0. The summed E-state index contributed by atoms with van der Waals surface area (Å²) in [5.74, 6) is 1.81. The number of hydrogen-bond acceptors (Lipinski definition) is 4. The number of halogens is 2. The number of benzene rings is 1. The highest BCUT2D eigenvalue weighted by Gasteiger charge is 2.07. The molecule has 0 spiro atoms. The third-order valence-electron chi connectivity index (χ3n) is 2.67. The van der Waals surface area contributed by atoms with Gasteiger partial charge in [-0.2, -0.15) is 0 Å². The van der Waals surface area contributed by atoms with E-state index in [1.54, 1.807) is 35.8 Å². The fourth-order valence-corrected chi connectivity index (χ4v) is 4.02. The Bertz CT molecular complexity index is 590. The Morgan fingerprint density at radius 2 is 2.00 bits per heavy atom. The van der Waals surface area contributed by atoms with E-state index in [2.05, 4.69) is 4.98 Å². The Hall–Kier alpha value is -0.330. The van der Waals surface area contributed by atoms with E-state index >= 15 is 0 Å². The minimum Gasteiger partial charge on any atom is -0.390 e.